The van der Waals surface area contributed by atoms with Gasteiger partial charge < -0.3 is 9.47 Å². The molecule has 0 amide bonds. The van der Waals surface area contributed by atoms with Crippen molar-refractivity contribution in [3.63, 3.8) is 0 Å². The molecule has 5 heteroatoms. The molecule has 0 saturated heterocycles. The van der Waals surface area contributed by atoms with Crippen LogP contribution < -0.4 is 4.74 Å². The summed E-state index contributed by atoms with van der Waals surface area (Å²) in [5.74, 6) is 0.139. The lowest BCUT2D eigenvalue weighted by Crippen LogP contribution is -2.01. The van der Waals surface area contributed by atoms with E-state index < -0.39 is 5.97 Å². The zero-order chi connectivity index (χ0) is 11.8. The highest BCUT2D eigenvalue weighted by molar-refractivity contribution is 7.12. The van der Waals surface area contributed by atoms with Gasteiger partial charge in [0.1, 0.15) is 17.2 Å². The number of carbonyl (C=O) groups is 2. The van der Waals surface area contributed by atoms with E-state index in [0.29, 0.717) is 17.2 Å². The molecule has 0 aliphatic heterocycles. The molecule has 0 unspecified atom stereocenters. The number of esters is 1. The maximum Gasteiger partial charge on any atom is 0.330 e. The lowest BCUT2D eigenvalue weighted by Gasteiger charge is -2.00. The summed E-state index contributed by atoms with van der Waals surface area (Å²) in [7, 11) is 0. The summed E-state index contributed by atoms with van der Waals surface area (Å²) in [6, 6.07) is 1.71. The van der Waals surface area contributed by atoms with Crippen LogP contribution in [0, 0.1) is 0 Å². The first-order valence-corrected chi connectivity index (χ1v) is 5.64. The molecule has 0 bridgehead atoms. The van der Waals surface area contributed by atoms with Crippen molar-refractivity contribution in [3.05, 3.63) is 28.5 Å². The molecule has 0 radical (unpaired) electrons. The maximum atomic E-state index is 10.9. The van der Waals surface area contributed by atoms with Gasteiger partial charge in [0.15, 0.2) is 6.29 Å². The van der Waals surface area contributed by atoms with E-state index in [0.717, 1.165) is 6.29 Å². The molecule has 0 aliphatic rings. The molecule has 16 heavy (non-hydrogen) atoms. The zero-order valence-corrected chi connectivity index (χ0v) is 9.66. The molecule has 1 aromatic heterocycles. The van der Waals surface area contributed by atoms with Gasteiger partial charge in [0.05, 0.1) is 6.61 Å². The predicted octanol–water partition coefficient (Wildman–Crippen LogP) is 2.06. The topological polar surface area (TPSA) is 52.6 Å². The van der Waals surface area contributed by atoms with Crippen molar-refractivity contribution < 1.29 is 19.1 Å². The third-order valence-corrected chi connectivity index (χ3v) is 2.46. The number of thiophene rings is 1. The minimum Gasteiger partial charge on any atom is -0.488 e. The van der Waals surface area contributed by atoms with E-state index in [1.807, 2.05) is 0 Å². The zero-order valence-electron chi connectivity index (χ0n) is 8.84. The molecule has 4 nitrogen and oxygen atoms in total. The quantitative estimate of drug-likeness (QED) is 0.434. The fourth-order valence-corrected chi connectivity index (χ4v) is 1.62. The SMILES string of the molecule is CCOC(=O)C=CCOc1ccsc1C=O. The molecule has 0 atom stereocenters. The van der Waals surface area contributed by atoms with Crippen LogP contribution in [0.4, 0.5) is 0 Å². The fraction of sp³-hybridized carbons (Fsp3) is 0.273. The Morgan fingerprint density at radius 1 is 1.56 bits per heavy atom. The number of hydrogen-bond donors (Lipinski definition) is 0. The van der Waals surface area contributed by atoms with Crippen molar-refractivity contribution in [2.45, 2.75) is 6.92 Å². The van der Waals surface area contributed by atoms with Crippen molar-refractivity contribution in [1.82, 2.24) is 0 Å². The van der Waals surface area contributed by atoms with Crippen LogP contribution >= 0.6 is 11.3 Å². The van der Waals surface area contributed by atoms with Gasteiger partial charge in [0.25, 0.3) is 0 Å². The van der Waals surface area contributed by atoms with Crippen LogP contribution in [0.3, 0.4) is 0 Å². The van der Waals surface area contributed by atoms with E-state index in [1.54, 1.807) is 24.4 Å². The lowest BCUT2D eigenvalue weighted by molar-refractivity contribution is -0.137. The summed E-state index contributed by atoms with van der Waals surface area (Å²) in [5, 5.41) is 1.77. The molecule has 0 saturated carbocycles. The Balaban J connectivity index is 2.35. The second-order valence-electron chi connectivity index (χ2n) is 2.73. The second-order valence-corrected chi connectivity index (χ2v) is 3.68. The smallest absolute Gasteiger partial charge is 0.330 e. The first-order chi connectivity index (χ1) is 7.77. The molecule has 1 aromatic rings. The summed E-state index contributed by atoms with van der Waals surface area (Å²) >= 11 is 1.31. The molecule has 0 spiro atoms. The Hall–Kier alpha value is -1.62. The van der Waals surface area contributed by atoms with E-state index in [-0.39, 0.29) is 6.61 Å². The highest BCUT2D eigenvalue weighted by atomic mass is 32.1. The van der Waals surface area contributed by atoms with E-state index in [4.69, 9.17) is 4.74 Å². The van der Waals surface area contributed by atoms with E-state index in [2.05, 4.69) is 4.74 Å². The summed E-state index contributed by atoms with van der Waals surface area (Å²) in [6.07, 6.45) is 3.59. The van der Waals surface area contributed by atoms with Gasteiger partial charge in [-0.15, -0.1) is 11.3 Å². The van der Waals surface area contributed by atoms with Crippen LogP contribution in [-0.2, 0) is 9.53 Å². The molecule has 1 rings (SSSR count). The Bertz CT molecular complexity index is 381. The molecular weight excluding hydrogens is 228 g/mol. The molecule has 0 aromatic carbocycles. The number of hydrogen-bond acceptors (Lipinski definition) is 5. The van der Waals surface area contributed by atoms with Crippen LogP contribution in [0.25, 0.3) is 0 Å². The Labute approximate surface area is 97.5 Å². The fourth-order valence-electron chi connectivity index (χ4n) is 0.987. The van der Waals surface area contributed by atoms with Crippen molar-refractivity contribution in [1.29, 1.82) is 0 Å². The first-order valence-electron chi connectivity index (χ1n) is 4.76. The Morgan fingerprint density at radius 3 is 3.06 bits per heavy atom. The van der Waals surface area contributed by atoms with Gasteiger partial charge in [0.2, 0.25) is 0 Å². The van der Waals surface area contributed by atoms with Crippen LogP contribution in [0.2, 0.25) is 0 Å². The van der Waals surface area contributed by atoms with Gasteiger partial charge in [-0.25, -0.2) is 4.79 Å². The maximum absolute atomic E-state index is 10.9. The van der Waals surface area contributed by atoms with Crippen molar-refractivity contribution in [2.75, 3.05) is 13.2 Å². The predicted molar refractivity (Wildman–Crippen MR) is 61.0 cm³/mol. The normalized spacial score (nSPS) is 10.3. The first kappa shape index (κ1) is 12.4. The Morgan fingerprint density at radius 2 is 2.38 bits per heavy atom. The average Bonchev–Trinajstić information content (AvgIpc) is 2.72. The minimum atomic E-state index is -0.396. The van der Waals surface area contributed by atoms with Gasteiger partial charge in [-0.3, -0.25) is 4.79 Å². The highest BCUT2D eigenvalue weighted by Crippen LogP contribution is 2.22. The largest absolute Gasteiger partial charge is 0.488 e. The summed E-state index contributed by atoms with van der Waals surface area (Å²) in [4.78, 5) is 22.0. The van der Waals surface area contributed by atoms with Gasteiger partial charge >= 0.3 is 5.97 Å². The van der Waals surface area contributed by atoms with Gasteiger partial charge in [0, 0.05) is 6.08 Å². The van der Waals surface area contributed by atoms with Gasteiger partial charge in [-0.1, -0.05) is 0 Å². The molecular formula is C11H12O4S. The van der Waals surface area contributed by atoms with Gasteiger partial charge in [-0.05, 0) is 24.4 Å². The number of aldehydes is 1. The van der Waals surface area contributed by atoms with Crippen molar-refractivity contribution >= 4 is 23.6 Å². The van der Waals surface area contributed by atoms with E-state index >= 15 is 0 Å². The number of ether oxygens (including phenoxy) is 2. The van der Waals surface area contributed by atoms with Crippen LogP contribution in [-0.4, -0.2) is 25.5 Å². The third-order valence-electron chi connectivity index (χ3n) is 1.64. The summed E-state index contributed by atoms with van der Waals surface area (Å²) < 4.78 is 9.97. The number of rotatable bonds is 6. The van der Waals surface area contributed by atoms with E-state index in [9.17, 15) is 9.59 Å². The standard InChI is InChI=1S/C11H12O4S/c1-2-14-11(13)4-3-6-15-9-5-7-16-10(9)8-12/h3-5,7-8H,2,6H2,1H3. The van der Waals surface area contributed by atoms with Crippen LogP contribution in [0.15, 0.2) is 23.6 Å². The number of carbonyl (C=O) groups excluding carboxylic acids is 2. The lowest BCUT2D eigenvalue weighted by atomic mass is 10.4. The van der Waals surface area contributed by atoms with Crippen LogP contribution in [0.1, 0.15) is 16.6 Å². The van der Waals surface area contributed by atoms with Crippen molar-refractivity contribution in [3.8, 4) is 5.75 Å². The molecule has 0 aliphatic carbocycles. The van der Waals surface area contributed by atoms with Gasteiger partial charge in [-0.2, -0.15) is 0 Å². The third kappa shape index (κ3) is 3.86. The monoisotopic (exact) mass is 240 g/mol. The van der Waals surface area contributed by atoms with Crippen LogP contribution in [0.5, 0.6) is 5.75 Å². The summed E-state index contributed by atoms with van der Waals surface area (Å²) in [5.41, 5.74) is 0. The van der Waals surface area contributed by atoms with Crippen molar-refractivity contribution in [2.24, 2.45) is 0 Å². The summed E-state index contributed by atoms with van der Waals surface area (Å²) in [6.45, 7) is 2.32. The highest BCUT2D eigenvalue weighted by Gasteiger charge is 2.02. The minimum absolute atomic E-state index is 0.233. The average molecular weight is 240 g/mol. The van der Waals surface area contributed by atoms with E-state index in [1.165, 1.54) is 17.4 Å². The molecule has 1 heterocycles. The molecule has 0 N–H and O–H groups in total. The second kappa shape index (κ2) is 6.79. The Kier molecular flexibility index (Phi) is 5.28. The molecule has 0 fully saturated rings. The molecule has 86 valence electrons.